The van der Waals surface area contributed by atoms with Gasteiger partial charge in [0.25, 0.3) is 0 Å². The molecule has 1 aliphatic carbocycles. The van der Waals surface area contributed by atoms with Crippen molar-refractivity contribution in [1.29, 1.82) is 0 Å². The summed E-state index contributed by atoms with van der Waals surface area (Å²) in [6.07, 6.45) is 4.69. The minimum absolute atomic E-state index is 0.0333. The summed E-state index contributed by atoms with van der Waals surface area (Å²) in [6.45, 7) is 5.60. The third kappa shape index (κ3) is 7.13. The molecule has 4 aromatic rings. The topological polar surface area (TPSA) is 122 Å². The summed E-state index contributed by atoms with van der Waals surface area (Å²) in [6, 6.07) is 12.7. The molecule has 2 amide bonds. The van der Waals surface area contributed by atoms with E-state index in [1.807, 2.05) is 23.1 Å². The summed E-state index contributed by atoms with van der Waals surface area (Å²) in [4.78, 5) is 41.6. The molecule has 2 aliphatic heterocycles. The number of fused-ring (bicyclic) bond motifs is 1. The summed E-state index contributed by atoms with van der Waals surface area (Å²) < 4.78 is 27.9. The van der Waals surface area contributed by atoms with Crippen molar-refractivity contribution in [2.75, 3.05) is 46.9 Å². The zero-order valence-corrected chi connectivity index (χ0v) is 29.7. The molecule has 4 heterocycles. The van der Waals surface area contributed by atoms with E-state index in [1.54, 1.807) is 51.6 Å². The van der Waals surface area contributed by atoms with E-state index in [0.29, 0.717) is 88.7 Å². The van der Waals surface area contributed by atoms with E-state index in [4.69, 9.17) is 31.0 Å². The Labute approximate surface area is 301 Å². The van der Waals surface area contributed by atoms with Crippen LogP contribution in [0.4, 0.5) is 4.39 Å². The Bertz CT molecular complexity index is 1970. The van der Waals surface area contributed by atoms with Crippen LogP contribution in [0.15, 0.2) is 48.7 Å². The van der Waals surface area contributed by atoms with Crippen molar-refractivity contribution in [2.45, 2.75) is 51.2 Å². The van der Waals surface area contributed by atoms with Crippen LogP contribution < -0.4 is 20.1 Å². The maximum Gasteiger partial charge on any atom is 0.237 e. The SMILES string of the molecule is COc1nc(-c2cccc(-c3cccc(-c4cc5c(c(OC)n4)[C@@H](NC[C@@H]4CCC(=O)N4)CC5)c3F)c2Cl)cnc1CN1CCN(C(C)=O)CC1. The van der Waals surface area contributed by atoms with E-state index in [-0.39, 0.29) is 23.9 Å². The number of pyridine rings is 1. The van der Waals surface area contributed by atoms with E-state index in [0.717, 1.165) is 43.5 Å². The first-order chi connectivity index (χ1) is 24.7. The zero-order valence-electron chi connectivity index (χ0n) is 29.0. The van der Waals surface area contributed by atoms with Crippen LogP contribution in [0.2, 0.25) is 5.02 Å². The maximum absolute atomic E-state index is 16.5. The molecule has 0 saturated carbocycles. The highest BCUT2D eigenvalue weighted by atomic mass is 35.5. The first kappa shape index (κ1) is 34.8. The lowest BCUT2D eigenvalue weighted by Crippen LogP contribution is -2.47. The van der Waals surface area contributed by atoms with Gasteiger partial charge < -0.3 is 25.0 Å². The van der Waals surface area contributed by atoms with Gasteiger partial charge in [-0.3, -0.25) is 19.5 Å². The predicted molar refractivity (Wildman–Crippen MR) is 192 cm³/mol. The van der Waals surface area contributed by atoms with E-state index < -0.39 is 5.82 Å². The fraction of sp³-hybridized carbons (Fsp3) is 0.395. The molecule has 2 fully saturated rings. The van der Waals surface area contributed by atoms with Crippen molar-refractivity contribution >= 4 is 23.4 Å². The maximum atomic E-state index is 16.5. The van der Waals surface area contributed by atoms with Gasteiger partial charge in [-0.15, -0.1) is 0 Å². The van der Waals surface area contributed by atoms with Gasteiger partial charge in [-0.05, 0) is 37.0 Å². The number of hydrogen-bond acceptors (Lipinski definition) is 9. The molecule has 0 radical (unpaired) electrons. The Morgan fingerprint density at radius 3 is 2.37 bits per heavy atom. The third-order valence-electron chi connectivity index (χ3n) is 10.1. The van der Waals surface area contributed by atoms with Crippen molar-refractivity contribution in [1.82, 2.24) is 35.4 Å². The van der Waals surface area contributed by atoms with Crippen molar-refractivity contribution in [3.05, 3.63) is 76.3 Å². The fourth-order valence-corrected chi connectivity index (χ4v) is 7.65. The predicted octanol–water partition coefficient (Wildman–Crippen LogP) is 5.20. The molecule has 0 bridgehead atoms. The standard InChI is InChI=1S/C38H41ClFN7O4/c1-22(48)47-16-14-46(15-17-47)21-32-37(50-2)45-31(20-42-32)27-8-4-6-25(35(27)39)26-7-5-9-28(36(26)40)30-18-23-10-12-29(34(23)38(44-30)51-3)41-19-24-11-13-33(49)43-24/h4-9,18,20,24,29,41H,10-17,19,21H2,1-3H3,(H,43,49)/t24-,29-/m0/s1. The number of nitrogens with one attached hydrogen (secondary N) is 2. The average Bonchev–Trinajstić information content (AvgIpc) is 3.76. The molecule has 266 valence electrons. The second kappa shape index (κ2) is 14.9. The van der Waals surface area contributed by atoms with Crippen LogP contribution in [0.5, 0.6) is 11.8 Å². The molecule has 7 rings (SSSR count). The molecular formula is C38H41ClFN7O4. The van der Waals surface area contributed by atoms with Gasteiger partial charge >= 0.3 is 0 Å². The van der Waals surface area contributed by atoms with Crippen LogP contribution in [0, 0.1) is 5.82 Å². The quantitative estimate of drug-likeness (QED) is 0.228. The number of methoxy groups -OCH3 is 2. The van der Waals surface area contributed by atoms with Crippen molar-refractivity contribution in [3.8, 4) is 45.4 Å². The van der Waals surface area contributed by atoms with Crippen LogP contribution in [0.1, 0.15) is 49.0 Å². The zero-order chi connectivity index (χ0) is 35.6. The van der Waals surface area contributed by atoms with Gasteiger partial charge in [-0.2, -0.15) is 0 Å². The Kier molecular flexibility index (Phi) is 10.2. The van der Waals surface area contributed by atoms with Gasteiger partial charge in [0.15, 0.2) is 0 Å². The Hall–Kier alpha value is -4.65. The monoisotopic (exact) mass is 713 g/mol. The number of hydrogen-bond donors (Lipinski definition) is 2. The van der Waals surface area contributed by atoms with Crippen molar-refractivity contribution < 1.29 is 23.5 Å². The molecule has 13 heteroatoms. The van der Waals surface area contributed by atoms with E-state index in [1.165, 1.54) is 0 Å². The van der Waals surface area contributed by atoms with Gasteiger partial charge in [0.2, 0.25) is 23.6 Å². The highest BCUT2D eigenvalue weighted by Crippen LogP contribution is 2.42. The molecule has 2 aromatic heterocycles. The van der Waals surface area contributed by atoms with Crippen LogP contribution in [-0.4, -0.2) is 89.6 Å². The highest BCUT2D eigenvalue weighted by molar-refractivity contribution is 6.36. The van der Waals surface area contributed by atoms with Gasteiger partial charge in [0, 0.05) is 92.5 Å². The molecule has 3 aliphatic rings. The number of aromatic nitrogens is 3. The summed E-state index contributed by atoms with van der Waals surface area (Å²) >= 11 is 7.02. The summed E-state index contributed by atoms with van der Waals surface area (Å²) in [5.74, 6) is 0.576. The number of piperazine rings is 1. The molecule has 2 atom stereocenters. The Balaban J connectivity index is 1.14. The summed E-state index contributed by atoms with van der Waals surface area (Å²) in [5, 5.41) is 6.92. The lowest BCUT2D eigenvalue weighted by Gasteiger charge is -2.34. The average molecular weight is 714 g/mol. The number of nitrogens with zero attached hydrogens (tertiary/aromatic N) is 5. The van der Waals surface area contributed by atoms with Crippen LogP contribution in [0.25, 0.3) is 33.6 Å². The second-order valence-electron chi connectivity index (χ2n) is 13.2. The molecule has 2 saturated heterocycles. The number of aryl methyl sites for hydroxylation is 1. The number of carbonyl (C=O) groups excluding carboxylic acids is 2. The smallest absolute Gasteiger partial charge is 0.237 e. The number of amides is 2. The van der Waals surface area contributed by atoms with Crippen molar-refractivity contribution in [2.24, 2.45) is 0 Å². The summed E-state index contributed by atoms with van der Waals surface area (Å²) in [5.41, 5.74) is 5.50. The van der Waals surface area contributed by atoms with Crippen molar-refractivity contribution in [3.63, 3.8) is 0 Å². The lowest BCUT2D eigenvalue weighted by atomic mass is 9.97. The number of halogens is 2. The minimum atomic E-state index is -0.445. The fourth-order valence-electron chi connectivity index (χ4n) is 7.33. The molecule has 0 unspecified atom stereocenters. The number of ether oxygens (including phenoxy) is 2. The number of benzene rings is 2. The first-order valence-corrected chi connectivity index (χ1v) is 17.7. The van der Waals surface area contributed by atoms with Gasteiger partial charge in [-0.25, -0.2) is 14.4 Å². The van der Waals surface area contributed by atoms with E-state index >= 15 is 4.39 Å². The largest absolute Gasteiger partial charge is 0.481 e. The normalized spacial score (nSPS) is 18.8. The molecule has 0 spiro atoms. The third-order valence-corrected chi connectivity index (χ3v) is 10.5. The van der Waals surface area contributed by atoms with Gasteiger partial charge in [0.05, 0.1) is 36.8 Å². The number of rotatable bonds is 10. The molecule has 11 nitrogen and oxygen atoms in total. The highest BCUT2D eigenvalue weighted by Gasteiger charge is 2.31. The van der Waals surface area contributed by atoms with Crippen LogP contribution in [-0.2, 0) is 22.6 Å². The van der Waals surface area contributed by atoms with Gasteiger partial charge in [-0.1, -0.05) is 41.9 Å². The minimum Gasteiger partial charge on any atom is -0.481 e. The van der Waals surface area contributed by atoms with Crippen LogP contribution >= 0.6 is 11.6 Å². The van der Waals surface area contributed by atoms with E-state index in [9.17, 15) is 9.59 Å². The first-order valence-electron chi connectivity index (χ1n) is 17.3. The molecule has 51 heavy (non-hydrogen) atoms. The lowest BCUT2D eigenvalue weighted by molar-refractivity contribution is -0.130. The second-order valence-corrected chi connectivity index (χ2v) is 13.6. The molecular weight excluding hydrogens is 673 g/mol. The molecule has 2 aromatic carbocycles. The Morgan fingerprint density at radius 2 is 1.67 bits per heavy atom. The molecule has 2 N–H and O–H groups in total. The van der Waals surface area contributed by atoms with Gasteiger partial charge in [0.1, 0.15) is 11.5 Å². The van der Waals surface area contributed by atoms with Crippen LogP contribution in [0.3, 0.4) is 0 Å². The number of carbonyl (C=O) groups is 2. The Morgan fingerprint density at radius 1 is 0.961 bits per heavy atom. The summed E-state index contributed by atoms with van der Waals surface area (Å²) in [7, 11) is 3.14. The van der Waals surface area contributed by atoms with E-state index in [2.05, 4.69) is 20.5 Å².